The van der Waals surface area contributed by atoms with E-state index in [1.54, 1.807) is 7.05 Å². The molecule has 0 atom stereocenters. The number of amides is 1. The van der Waals surface area contributed by atoms with Crippen molar-refractivity contribution >= 4 is 28.9 Å². The van der Waals surface area contributed by atoms with E-state index in [4.69, 9.17) is 5.73 Å². The van der Waals surface area contributed by atoms with Gasteiger partial charge < -0.3 is 11.1 Å². The Labute approximate surface area is 263 Å². The highest BCUT2D eigenvalue weighted by atomic mass is 16.1. The zero-order chi connectivity index (χ0) is 32.0. The number of para-hydroxylation sites is 1. The Kier molecular flexibility index (Phi) is 17.7. The van der Waals surface area contributed by atoms with E-state index >= 15 is 0 Å². The molecule has 0 unspecified atom stereocenters. The topological polar surface area (TPSA) is 106 Å². The van der Waals surface area contributed by atoms with Crippen molar-refractivity contribution in [3.05, 3.63) is 101 Å². The molecule has 236 valence electrons. The van der Waals surface area contributed by atoms with Gasteiger partial charge in [-0.05, 0) is 55.4 Å². The molecule has 1 amide bonds. The number of hydrogen-bond acceptors (Lipinski definition) is 5. The summed E-state index contributed by atoms with van der Waals surface area (Å²) in [6, 6.07) is 25.4. The maximum atomic E-state index is 12.0. The van der Waals surface area contributed by atoms with Crippen LogP contribution in [0.5, 0.6) is 0 Å². The maximum absolute atomic E-state index is 12.0. The molecule has 6 nitrogen and oxygen atoms in total. The van der Waals surface area contributed by atoms with Crippen LogP contribution in [0.4, 0.5) is 5.69 Å². The van der Waals surface area contributed by atoms with Crippen molar-refractivity contribution in [2.24, 2.45) is 0 Å². The average Bonchev–Trinajstić information content (AvgIpc) is 3.01. The highest BCUT2D eigenvalue weighted by Gasteiger charge is 2.08. The zero-order valence-electron chi connectivity index (χ0n) is 26.6. The molecule has 6 heteroatoms. The van der Waals surface area contributed by atoms with E-state index in [1.807, 2.05) is 85.8 Å². The van der Waals surface area contributed by atoms with Crippen LogP contribution in [0.15, 0.2) is 78.9 Å². The van der Waals surface area contributed by atoms with E-state index in [0.717, 1.165) is 61.6 Å². The van der Waals surface area contributed by atoms with Gasteiger partial charge in [-0.1, -0.05) is 97.6 Å². The fourth-order valence-corrected chi connectivity index (χ4v) is 4.84. The molecule has 0 fully saturated rings. The first-order chi connectivity index (χ1) is 21.3. The molecule has 0 bridgehead atoms. The summed E-state index contributed by atoms with van der Waals surface area (Å²) < 4.78 is 0. The van der Waals surface area contributed by atoms with Gasteiger partial charge in [0.2, 0.25) is 5.91 Å². The molecular weight excluding hydrogens is 548 g/mol. The first kappa shape index (κ1) is 36.1. The highest BCUT2D eigenvalue weighted by Crippen LogP contribution is 2.14. The van der Waals surface area contributed by atoms with Crippen molar-refractivity contribution in [1.82, 2.24) is 5.32 Å². The second-order valence-corrected chi connectivity index (χ2v) is 11.5. The molecule has 0 aliphatic carbocycles. The van der Waals surface area contributed by atoms with Crippen molar-refractivity contribution in [2.75, 3.05) is 12.8 Å². The smallest absolute Gasteiger partial charge is 0.219 e. The Morgan fingerprint density at radius 3 is 1.55 bits per heavy atom. The van der Waals surface area contributed by atoms with Gasteiger partial charge in [0, 0.05) is 57.7 Å². The minimum Gasteiger partial charge on any atom is -0.398 e. The van der Waals surface area contributed by atoms with Gasteiger partial charge in [-0.25, -0.2) is 0 Å². The molecule has 44 heavy (non-hydrogen) atoms. The normalized spacial score (nSPS) is 10.4. The molecule has 0 aliphatic heterocycles. The number of nitrogen functional groups attached to an aromatic ring is 1. The predicted molar refractivity (Wildman–Crippen MR) is 179 cm³/mol. The van der Waals surface area contributed by atoms with Gasteiger partial charge >= 0.3 is 0 Å². The molecular formula is C38H50N2O4. The third kappa shape index (κ3) is 16.5. The second kappa shape index (κ2) is 21.6. The minimum atomic E-state index is 0.0974. The molecule has 0 aromatic heterocycles. The van der Waals surface area contributed by atoms with Gasteiger partial charge in [-0.2, -0.15) is 0 Å². The number of nitrogens with two attached hydrogens (primary N) is 1. The van der Waals surface area contributed by atoms with Crippen LogP contribution >= 0.6 is 0 Å². The molecule has 3 rings (SSSR count). The van der Waals surface area contributed by atoms with E-state index in [2.05, 4.69) is 5.32 Å². The average molecular weight is 599 g/mol. The van der Waals surface area contributed by atoms with Crippen LogP contribution in [0.2, 0.25) is 0 Å². The third-order valence-corrected chi connectivity index (χ3v) is 7.51. The lowest BCUT2D eigenvalue weighted by Gasteiger charge is -2.05. The van der Waals surface area contributed by atoms with E-state index in [0.29, 0.717) is 56.4 Å². The Morgan fingerprint density at radius 2 is 1.00 bits per heavy atom. The minimum absolute atomic E-state index is 0.0974. The van der Waals surface area contributed by atoms with E-state index < -0.39 is 0 Å². The Morgan fingerprint density at radius 1 is 0.545 bits per heavy atom. The van der Waals surface area contributed by atoms with Crippen LogP contribution in [0.1, 0.15) is 92.9 Å². The molecule has 0 heterocycles. The van der Waals surface area contributed by atoms with E-state index in [1.165, 1.54) is 5.56 Å². The fourth-order valence-electron chi connectivity index (χ4n) is 4.84. The maximum Gasteiger partial charge on any atom is 0.219 e. The zero-order valence-corrected chi connectivity index (χ0v) is 26.6. The van der Waals surface area contributed by atoms with Crippen molar-refractivity contribution in [3.8, 4) is 0 Å². The highest BCUT2D eigenvalue weighted by molar-refractivity contribution is 5.82. The predicted octanol–water partition coefficient (Wildman–Crippen LogP) is 7.34. The number of carbonyl (C=O) groups excluding carboxylic acids is 4. The number of benzene rings is 3. The van der Waals surface area contributed by atoms with Gasteiger partial charge in [0.25, 0.3) is 0 Å². The molecule has 0 aliphatic rings. The van der Waals surface area contributed by atoms with E-state index in [9.17, 15) is 19.2 Å². The third-order valence-electron chi connectivity index (χ3n) is 7.51. The van der Waals surface area contributed by atoms with Crippen LogP contribution in [-0.2, 0) is 38.4 Å². The first-order valence-corrected chi connectivity index (χ1v) is 16.0. The number of ketones is 3. The largest absolute Gasteiger partial charge is 0.398 e. The number of carbonyl (C=O) groups is 4. The van der Waals surface area contributed by atoms with Gasteiger partial charge in [0.15, 0.2) is 0 Å². The summed E-state index contributed by atoms with van der Waals surface area (Å²) in [5.74, 6) is 0.883. The number of nitrogens with one attached hydrogen (secondary N) is 1. The second-order valence-electron chi connectivity index (χ2n) is 11.5. The molecule has 0 spiro atoms. The number of rotatable bonds is 19. The van der Waals surface area contributed by atoms with E-state index in [-0.39, 0.29) is 17.5 Å². The van der Waals surface area contributed by atoms with Crippen molar-refractivity contribution < 1.29 is 19.2 Å². The summed E-state index contributed by atoms with van der Waals surface area (Å²) in [7, 11) is 1.66. The molecule has 0 radical (unpaired) electrons. The summed E-state index contributed by atoms with van der Waals surface area (Å²) in [6.07, 6.45) is 10.3. The lowest BCUT2D eigenvalue weighted by atomic mass is 10.0. The number of anilines is 1. The quantitative estimate of drug-likeness (QED) is 0.111. The fraction of sp³-hybridized carbons (Fsp3) is 0.421. The Balaban J connectivity index is 0.000000319. The van der Waals surface area contributed by atoms with Crippen LogP contribution in [0.25, 0.3) is 0 Å². The summed E-state index contributed by atoms with van der Waals surface area (Å²) >= 11 is 0. The van der Waals surface area contributed by atoms with Crippen molar-refractivity contribution in [1.29, 1.82) is 0 Å². The summed E-state index contributed by atoms with van der Waals surface area (Å²) in [4.78, 5) is 46.7. The van der Waals surface area contributed by atoms with Crippen molar-refractivity contribution in [3.63, 3.8) is 0 Å². The van der Waals surface area contributed by atoms with Crippen LogP contribution in [0.3, 0.4) is 0 Å². The van der Waals surface area contributed by atoms with Gasteiger partial charge in [-0.15, -0.1) is 0 Å². The summed E-state index contributed by atoms with van der Waals surface area (Å²) in [6.45, 7) is 2.04. The van der Waals surface area contributed by atoms with Crippen LogP contribution < -0.4 is 11.1 Å². The van der Waals surface area contributed by atoms with Crippen molar-refractivity contribution in [2.45, 2.75) is 96.8 Å². The number of Topliss-reactive ketones (excluding diaryl/α,β-unsaturated/α-hetero) is 3. The SMILES string of the molecule is CNC(=O)CCCCCCC(=O)Cc1ccccc1.Cc1ccc(CC(=O)CCCCCC(=O)Cc2ccccc2N)cc1. The summed E-state index contributed by atoms with van der Waals surface area (Å²) in [5, 5.41) is 2.61. The Bertz CT molecular complexity index is 1290. The lowest BCUT2D eigenvalue weighted by molar-refractivity contribution is -0.121. The van der Waals surface area contributed by atoms with Gasteiger partial charge in [0.05, 0.1) is 0 Å². The van der Waals surface area contributed by atoms with Crippen LogP contribution in [0, 0.1) is 6.92 Å². The summed E-state index contributed by atoms with van der Waals surface area (Å²) in [5.41, 5.74) is 10.8. The molecule has 3 aromatic carbocycles. The monoisotopic (exact) mass is 598 g/mol. The first-order valence-electron chi connectivity index (χ1n) is 16.0. The van der Waals surface area contributed by atoms with Gasteiger partial charge in [-0.3, -0.25) is 19.2 Å². The molecule has 3 N–H and O–H groups in total. The molecule has 3 aromatic rings. The molecule has 0 saturated carbocycles. The number of unbranched alkanes of at least 4 members (excludes halogenated alkanes) is 5. The molecule has 0 saturated heterocycles. The number of aryl methyl sites for hydroxylation is 1. The van der Waals surface area contributed by atoms with Crippen LogP contribution in [-0.4, -0.2) is 30.3 Å². The lowest BCUT2D eigenvalue weighted by Crippen LogP contribution is -2.16. The Hall–Kier alpha value is -4.06. The van der Waals surface area contributed by atoms with Gasteiger partial charge in [0.1, 0.15) is 17.3 Å². The standard InChI is InChI=1S/C22H27NO2.C16H23NO2/c1-17-11-13-18(14-12-17)15-20(24)8-3-2-4-9-21(25)16-19-7-5-6-10-22(19)23;1-17-16(19)12-8-3-2-7-11-15(18)13-14-9-5-4-6-10-14/h5-7,10-14H,2-4,8-9,15-16,23H2,1H3;4-6,9-10H,2-3,7-8,11-13H2,1H3,(H,17,19). The number of hydrogen-bond donors (Lipinski definition) is 2.